The first-order chi connectivity index (χ1) is 9.09. The van der Waals surface area contributed by atoms with E-state index in [-0.39, 0.29) is 0 Å². The molecule has 0 saturated carbocycles. The van der Waals surface area contributed by atoms with Gasteiger partial charge in [-0.1, -0.05) is 62.4 Å². The van der Waals surface area contributed by atoms with E-state index in [2.05, 4.69) is 81.0 Å². The molecule has 0 aliphatic carbocycles. The molecule has 0 aliphatic rings. The van der Waals surface area contributed by atoms with Crippen molar-refractivity contribution >= 4 is 41.1 Å². The fourth-order valence-corrected chi connectivity index (χ4v) is 2.44. The number of benzene rings is 2. The van der Waals surface area contributed by atoms with Gasteiger partial charge in [0.15, 0.2) is 0 Å². The van der Waals surface area contributed by atoms with Gasteiger partial charge in [-0.15, -0.1) is 0 Å². The zero-order valence-corrected chi connectivity index (χ0v) is 14.1. The third-order valence-corrected chi connectivity index (χ3v) is 3.32. The molecule has 0 saturated heterocycles. The van der Waals surface area contributed by atoms with Crippen molar-refractivity contribution in [2.45, 2.75) is 19.8 Å². The molecule has 0 atom stereocenters. The summed E-state index contributed by atoms with van der Waals surface area (Å²) in [6, 6.07) is 16.7. The Morgan fingerprint density at radius 1 is 0.947 bits per heavy atom. The summed E-state index contributed by atoms with van der Waals surface area (Å²) in [5.74, 6) is 0.432. The monoisotopic (exact) mass is 379 g/mol. The van der Waals surface area contributed by atoms with Gasteiger partial charge in [-0.2, -0.15) is 0 Å². The fourth-order valence-electron chi connectivity index (χ4n) is 2.09. The van der Waals surface area contributed by atoms with Gasteiger partial charge in [0.05, 0.1) is 5.69 Å². The lowest BCUT2D eigenvalue weighted by Gasteiger charge is -2.14. The standard InChI is InChI=1S/C16H15Br2N/c1-11(2)13-9-6-10-14(15(13)19-16(17)18)12-7-4-3-5-8-12/h3-11H,1-2H3. The molecule has 2 aromatic carbocycles. The van der Waals surface area contributed by atoms with Crippen molar-refractivity contribution in [2.24, 2.45) is 4.99 Å². The number of hydrogen-bond acceptors (Lipinski definition) is 1. The van der Waals surface area contributed by atoms with Gasteiger partial charge >= 0.3 is 0 Å². The van der Waals surface area contributed by atoms with Crippen LogP contribution in [-0.2, 0) is 0 Å². The van der Waals surface area contributed by atoms with E-state index < -0.39 is 0 Å². The van der Waals surface area contributed by atoms with Crippen molar-refractivity contribution in [3.8, 4) is 11.1 Å². The van der Waals surface area contributed by atoms with Crippen LogP contribution in [0.15, 0.2) is 53.5 Å². The Balaban J connectivity index is 2.67. The molecule has 0 radical (unpaired) electrons. The van der Waals surface area contributed by atoms with Crippen LogP contribution in [0.3, 0.4) is 0 Å². The molecule has 3 heteroatoms. The van der Waals surface area contributed by atoms with Gasteiger partial charge in [-0.25, -0.2) is 4.99 Å². The second-order valence-electron chi connectivity index (χ2n) is 4.62. The Hall–Kier alpha value is -0.930. The SMILES string of the molecule is CC(C)c1cccc(-c2ccccc2)c1N=C(Br)Br. The van der Waals surface area contributed by atoms with E-state index in [1.807, 2.05) is 18.2 Å². The van der Waals surface area contributed by atoms with E-state index in [0.717, 1.165) is 11.3 Å². The van der Waals surface area contributed by atoms with Crippen LogP contribution in [0.5, 0.6) is 0 Å². The Kier molecular flexibility index (Phi) is 4.94. The van der Waals surface area contributed by atoms with Crippen LogP contribution in [0.2, 0.25) is 0 Å². The normalized spacial score (nSPS) is 10.6. The molecule has 0 N–H and O–H groups in total. The average molecular weight is 381 g/mol. The second kappa shape index (κ2) is 6.49. The molecule has 0 bridgehead atoms. The molecule has 19 heavy (non-hydrogen) atoms. The molecule has 0 fully saturated rings. The van der Waals surface area contributed by atoms with Crippen LogP contribution in [0, 0.1) is 0 Å². The largest absolute Gasteiger partial charge is 0.233 e. The maximum absolute atomic E-state index is 4.61. The average Bonchev–Trinajstić information content (AvgIpc) is 2.39. The summed E-state index contributed by atoms with van der Waals surface area (Å²) in [5, 5.41) is 0. The zero-order chi connectivity index (χ0) is 13.8. The smallest absolute Gasteiger partial charge is 0.149 e. The predicted molar refractivity (Wildman–Crippen MR) is 90.9 cm³/mol. The summed E-state index contributed by atoms with van der Waals surface area (Å²) in [4.78, 5) is 4.61. The van der Waals surface area contributed by atoms with Crippen LogP contribution in [0.1, 0.15) is 25.3 Å². The number of rotatable bonds is 3. The van der Waals surface area contributed by atoms with E-state index in [9.17, 15) is 0 Å². The molecule has 0 amide bonds. The van der Waals surface area contributed by atoms with Crippen LogP contribution in [0.4, 0.5) is 5.69 Å². The minimum absolute atomic E-state index is 0.432. The molecule has 98 valence electrons. The number of aliphatic imine (C=N–C) groups is 1. The molecule has 0 heterocycles. The second-order valence-corrected chi connectivity index (χ2v) is 7.18. The Labute approximate surface area is 131 Å². The van der Waals surface area contributed by atoms with Crippen molar-refractivity contribution in [3.63, 3.8) is 0 Å². The molecular formula is C16H15Br2N. The van der Waals surface area contributed by atoms with Gasteiger partial charge in [0.25, 0.3) is 0 Å². The van der Waals surface area contributed by atoms with Crippen molar-refractivity contribution in [3.05, 3.63) is 54.1 Å². The van der Waals surface area contributed by atoms with Gasteiger partial charge in [-0.05, 0) is 48.9 Å². The van der Waals surface area contributed by atoms with E-state index in [4.69, 9.17) is 0 Å². The summed E-state index contributed by atoms with van der Waals surface area (Å²) in [5.41, 5.74) is 4.61. The van der Waals surface area contributed by atoms with E-state index >= 15 is 0 Å². The zero-order valence-electron chi connectivity index (χ0n) is 10.9. The predicted octanol–water partition coefficient (Wildman–Crippen LogP) is 6.25. The Morgan fingerprint density at radius 2 is 1.63 bits per heavy atom. The summed E-state index contributed by atoms with van der Waals surface area (Å²) in [6.07, 6.45) is 0. The molecule has 0 aliphatic heterocycles. The Bertz CT molecular complexity index is 585. The van der Waals surface area contributed by atoms with Crippen molar-refractivity contribution in [1.82, 2.24) is 0 Å². The third kappa shape index (κ3) is 3.54. The van der Waals surface area contributed by atoms with Gasteiger partial charge in [0, 0.05) is 5.56 Å². The van der Waals surface area contributed by atoms with Crippen LogP contribution >= 0.6 is 31.9 Å². The first-order valence-electron chi connectivity index (χ1n) is 6.17. The minimum atomic E-state index is 0.432. The quantitative estimate of drug-likeness (QED) is 0.557. The van der Waals surface area contributed by atoms with Crippen LogP contribution < -0.4 is 0 Å². The topological polar surface area (TPSA) is 12.4 Å². The van der Waals surface area contributed by atoms with Gasteiger partial charge in [0.2, 0.25) is 0 Å². The molecule has 0 unspecified atom stereocenters. The lowest BCUT2D eigenvalue weighted by molar-refractivity contribution is 0.867. The first kappa shape index (κ1) is 14.5. The van der Waals surface area contributed by atoms with Crippen molar-refractivity contribution in [1.29, 1.82) is 0 Å². The highest BCUT2D eigenvalue weighted by Gasteiger charge is 2.12. The molecule has 2 aromatic rings. The number of halogens is 2. The van der Waals surface area contributed by atoms with Gasteiger partial charge in [-0.3, -0.25) is 0 Å². The van der Waals surface area contributed by atoms with Crippen molar-refractivity contribution in [2.75, 3.05) is 0 Å². The lowest BCUT2D eigenvalue weighted by atomic mass is 9.94. The highest BCUT2D eigenvalue weighted by atomic mass is 79.9. The summed E-state index contributed by atoms with van der Waals surface area (Å²) < 4.78 is 0.713. The number of para-hydroxylation sites is 1. The highest BCUT2D eigenvalue weighted by molar-refractivity contribution is 9.39. The number of hydrogen-bond donors (Lipinski definition) is 0. The van der Waals surface area contributed by atoms with E-state index in [1.54, 1.807) is 0 Å². The number of nitrogens with zero attached hydrogens (tertiary/aromatic N) is 1. The summed E-state index contributed by atoms with van der Waals surface area (Å²) in [7, 11) is 0. The van der Waals surface area contributed by atoms with Crippen LogP contribution in [0.25, 0.3) is 11.1 Å². The maximum atomic E-state index is 4.61. The van der Waals surface area contributed by atoms with E-state index in [1.165, 1.54) is 11.1 Å². The van der Waals surface area contributed by atoms with Crippen molar-refractivity contribution < 1.29 is 0 Å². The fraction of sp³-hybridized carbons (Fsp3) is 0.188. The highest BCUT2D eigenvalue weighted by Crippen LogP contribution is 2.37. The Morgan fingerprint density at radius 3 is 2.21 bits per heavy atom. The minimum Gasteiger partial charge on any atom is -0.233 e. The van der Waals surface area contributed by atoms with Gasteiger partial charge < -0.3 is 0 Å². The molecule has 2 rings (SSSR count). The summed E-state index contributed by atoms with van der Waals surface area (Å²) in [6.45, 7) is 4.37. The molecule has 0 aromatic heterocycles. The molecular weight excluding hydrogens is 366 g/mol. The summed E-state index contributed by atoms with van der Waals surface area (Å²) >= 11 is 6.74. The van der Waals surface area contributed by atoms with Crippen LogP contribution in [-0.4, -0.2) is 3.53 Å². The molecule has 0 spiro atoms. The third-order valence-electron chi connectivity index (χ3n) is 2.97. The van der Waals surface area contributed by atoms with Gasteiger partial charge in [0.1, 0.15) is 3.53 Å². The lowest BCUT2D eigenvalue weighted by Crippen LogP contribution is -1.91. The van der Waals surface area contributed by atoms with E-state index in [0.29, 0.717) is 9.45 Å². The first-order valence-corrected chi connectivity index (χ1v) is 7.76. The molecule has 1 nitrogen and oxygen atoms in total. The maximum Gasteiger partial charge on any atom is 0.149 e.